The van der Waals surface area contributed by atoms with Crippen LogP contribution in [0.25, 0.3) is 21.8 Å². The predicted molar refractivity (Wildman–Crippen MR) is 129 cm³/mol. The summed E-state index contributed by atoms with van der Waals surface area (Å²) in [7, 11) is -3.55. The second-order valence-corrected chi connectivity index (χ2v) is 10.4. The largest absolute Gasteiger partial charge is 0.461 e. The summed E-state index contributed by atoms with van der Waals surface area (Å²) in [6, 6.07) is 9.76. The molecule has 10 heteroatoms. The highest BCUT2D eigenvalue weighted by molar-refractivity contribution is 7.89. The fourth-order valence-electron chi connectivity index (χ4n) is 3.68. The number of nitrogens with zero attached hydrogens (tertiary/aromatic N) is 3. The number of carbonyl (C=O) groups is 1. The molecule has 0 atom stereocenters. The summed E-state index contributed by atoms with van der Waals surface area (Å²) in [6.07, 6.45) is 1.56. The summed E-state index contributed by atoms with van der Waals surface area (Å²) in [5.74, 6) is 0.758. The second-order valence-electron chi connectivity index (χ2n) is 7.41. The Morgan fingerprint density at radius 1 is 1.09 bits per heavy atom. The molecule has 0 aliphatic rings. The summed E-state index contributed by atoms with van der Waals surface area (Å²) in [5, 5.41) is 3.70. The van der Waals surface area contributed by atoms with E-state index in [0.717, 1.165) is 16.6 Å². The van der Waals surface area contributed by atoms with E-state index in [1.165, 1.54) is 27.8 Å². The van der Waals surface area contributed by atoms with Crippen LogP contribution in [0.2, 0.25) is 0 Å². The molecule has 33 heavy (non-hydrogen) atoms. The van der Waals surface area contributed by atoms with Crippen LogP contribution in [0.4, 0.5) is 5.69 Å². The van der Waals surface area contributed by atoms with Gasteiger partial charge in [0.2, 0.25) is 10.0 Å². The molecule has 1 aromatic carbocycles. The zero-order chi connectivity index (χ0) is 23.8. The van der Waals surface area contributed by atoms with Crippen molar-refractivity contribution in [3.63, 3.8) is 0 Å². The molecule has 4 aromatic rings. The number of nitrogens with one attached hydrogen (secondary N) is 1. The van der Waals surface area contributed by atoms with E-state index in [4.69, 9.17) is 4.42 Å². The Bertz CT molecular complexity index is 1410. The number of aromatic nitrogens is 2. The van der Waals surface area contributed by atoms with Gasteiger partial charge in [-0.2, -0.15) is 4.31 Å². The van der Waals surface area contributed by atoms with Crippen LogP contribution in [0.1, 0.15) is 34.8 Å². The number of amides is 1. The van der Waals surface area contributed by atoms with Crippen molar-refractivity contribution in [1.29, 1.82) is 0 Å². The lowest BCUT2D eigenvalue weighted by Crippen LogP contribution is -2.30. The number of fused-ring (bicyclic) bond motifs is 1. The number of sulfonamides is 1. The first-order valence-corrected chi connectivity index (χ1v) is 12.7. The van der Waals surface area contributed by atoms with Crippen molar-refractivity contribution in [3.05, 3.63) is 58.8 Å². The highest BCUT2D eigenvalue weighted by Gasteiger charge is 2.23. The molecule has 4 rings (SSSR count). The van der Waals surface area contributed by atoms with Crippen LogP contribution >= 0.6 is 11.3 Å². The van der Waals surface area contributed by atoms with Crippen molar-refractivity contribution in [3.8, 4) is 11.6 Å². The van der Waals surface area contributed by atoms with E-state index >= 15 is 0 Å². The number of rotatable bonds is 7. The summed E-state index contributed by atoms with van der Waals surface area (Å²) in [4.78, 5) is 23.6. The minimum Gasteiger partial charge on any atom is -0.461 e. The maximum atomic E-state index is 13.0. The molecule has 1 N–H and O–H groups in total. The van der Waals surface area contributed by atoms with E-state index in [-0.39, 0.29) is 10.8 Å². The highest BCUT2D eigenvalue weighted by atomic mass is 32.2. The fraction of sp³-hybridized carbons (Fsp3) is 0.261. The number of furan rings is 1. The molecule has 3 aromatic heterocycles. The van der Waals surface area contributed by atoms with Crippen LogP contribution in [0.3, 0.4) is 0 Å². The molecule has 0 saturated carbocycles. The van der Waals surface area contributed by atoms with Crippen LogP contribution < -0.4 is 5.32 Å². The van der Waals surface area contributed by atoms with Gasteiger partial charge in [0, 0.05) is 24.2 Å². The van der Waals surface area contributed by atoms with Crippen molar-refractivity contribution in [2.75, 3.05) is 18.4 Å². The number of benzene rings is 1. The van der Waals surface area contributed by atoms with Gasteiger partial charge < -0.3 is 9.73 Å². The molecule has 0 unspecified atom stereocenters. The summed E-state index contributed by atoms with van der Waals surface area (Å²) in [6.45, 7) is 8.14. The lowest BCUT2D eigenvalue weighted by molar-refractivity contribution is 0.103. The predicted octanol–water partition coefficient (Wildman–Crippen LogP) is 4.85. The topological polar surface area (TPSA) is 105 Å². The number of hydrogen-bond acceptors (Lipinski definition) is 7. The van der Waals surface area contributed by atoms with E-state index in [1.807, 2.05) is 13.8 Å². The Morgan fingerprint density at radius 2 is 1.79 bits per heavy atom. The molecule has 8 nitrogen and oxygen atoms in total. The van der Waals surface area contributed by atoms with Gasteiger partial charge in [-0.25, -0.2) is 18.4 Å². The third-order valence-corrected chi connectivity index (χ3v) is 8.62. The van der Waals surface area contributed by atoms with E-state index < -0.39 is 10.0 Å². The standard InChI is InChI=1S/C23H24N4O4S2/c1-5-27(6-2)33(29,30)17-11-9-16(10-12-17)25-22(28)20-14(3)19-15(4)24-21(26-23(19)32-20)18-8-7-13-31-18/h7-13H,5-6H2,1-4H3,(H,25,28). The Morgan fingerprint density at radius 3 is 2.39 bits per heavy atom. The zero-order valence-electron chi connectivity index (χ0n) is 18.7. The highest BCUT2D eigenvalue weighted by Crippen LogP contribution is 2.33. The normalized spacial score (nSPS) is 11.9. The molecule has 0 aliphatic heterocycles. The van der Waals surface area contributed by atoms with E-state index in [9.17, 15) is 13.2 Å². The molecule has 172 valence electrons. The average Bonchev–Trinajstić information content (AvgIpc) is 3.43. The van der Waals surface area contributed by atoms with Gasteiger partial charge >= 0.3 is 0 Å². The third-order valence-electron chi connectivity index (χ3n) is 5.37. The Labute approximate surface area is 196 Å². The van der Waals surface area contributed by atoms with Gasteiger partial charge in [0.05, 0.1) is 21.7 Å². The molecule has 0 bridgehead atoms. The lowest BCUT2D eigenvalue weighted by atomic mass is 10.1. The minimum absolute atomic E-state index is 0.193. The molecule has 0 fully saturated rings. The maximum absolute atomic E-state index is 13.0. The monoisotopic (exact) mass is 484 g/mol. The van der Waals surface area contributed by atoms with Gasteiger partial charge in [0.1, 0.15) is 4.83 Å². The van der Waals surface area contributed by atoms with E-state index in [0.29, 0.717) is 40.1 Å². The molecule has 0 spiro atoms. The SMILES string of the molecule is CCN(CC)S(=O)(=O)c1ccc(NC(=O)c2sc3nc(-c4ccco4)nc(C)c3c2C)cc1. The number of hydrogen-bond donors (Lipinski definition) is 1. The fourth-order valence-corrected chi connectivity index (χ4v) is 6.27. The van der Waals surface area contributed by atoms with Crippen molar-refractivity contribution < 1.29 is 17.6 Å². The van der Waals surface area contributed by atoms with Crippen molar-refractivity contribution >= 4 is 43.2 Å². The molecular weight excluding hydrogens is 460 g/mol. The zero-order valence-corrected chi connectivity index (χ0v) is 20.4. The van der Waals surface area contributed by atoms with Crippen LogP contribution in [0.15, 0.2) is 52.0 Å². The van der Waals surface area contributed by atoms with Crippen LogP contribution in [-0.2, 0) is 10.0 Å². The molecule has 0 aliphatic carbocycles. The van der Waals surface area contributed by atoms with Gasteiger partial charge in [-0.05, 0) is 55.8 Å². The first kappa shape index (κ1) is 23.1. The lowest BCUT2D eigenvalue weighted by Gasteiger charge is -2.18. The average molecular weight is 485 g/mol. The summed E-state index contributed by atoms with van der Waals surface area (Å²) >= 11 is 1.29. The number of thiophene rings is 1. The van der Waals surface area contributed by atoms with Crippen LogP contribution in [0, 0.1) is 13.8 Å². The van der Waals surface area contributed by atoms with E-state index in [1.54, 1.807) is 44.4 Å². The maximum Gasteiger partial charge on any atom is 0.266 e. The summed E-state index contributed by atoms with van der Waals surface area (Å²) in [5.41, 5.74) is 2.08. The molecular formula is C23H24N4O4S2. The minimum atomic E-state index is -3.55. The molecule has 0 radical (unpaired) electrons. The smallest absolute Gasteiger partial charge is 0.266 e. The van der Waals surface area contributed by atoms with Gasteiger partial charge in [-0.15, -0.1) is 11.3 Å². The van der Waals surface area contributed by atoms with Gasteiger partial charge in [-0.1, -0.05) is 13.8 Å². The van der Waals surface area contributed by atoms with Crippen molar-refractivity contribution in [2.24, 2.45) is 0 Å². The van der Waals surface area contributed by atoms with Crippen molar-refractivity contribution in [1.82, 2.24) is 14.3 Å². The number of aryl methyl sites for hydroxylation is 2. The number of anilines is 1. The molecule has 0 saturated heterocycles. The van der Waals surface area contributed by atoms with Crippen LogP contribution in [0.5, 0.6) is 0 Å². The van der Waals surface area contributed by atoms with Gasteiger partial charge in [-0.3, -0.25) is 4.79 Å². The first-order chi connectivity index (χ1) is 15.8. The third kappa shape index (κ3) is 4.29. The Kier molecular flexibility index (Phi) is 6.33. The van der Waals surface area contributed by atoms with Crippen LogP contribution in [-0.4, -0.2) is 41.7 Å². The van der Waals surface area contributed by atoms with Gasteiger partial charge in [0.15, 0.2) is 11.6 Å². The Balaban J connectivity index is 1.60. The second kappa shape index (κ2) is 9.05. The summed E-state index contributed by atoms with van der Waals surface area (Å²) < 4.78 is 32.1. The van der Waals surface area contributed by atoms with E-state index in [2.05, 4.69) is 15.3 Å². The molecule has 3 heterocycles. The number of carbonyl (C=O) groups excluding carboxylic acids is 1. The first-order valence-electron chi connectivity index (χ1n) is 10.5. The molecule has 1 amide bonds. The quantitative estimate of drug-likeness (QED) is 0.402. The van der Waals surface area contributed by atoms with Gasteiger partial charge in [0.25, 0.3) is 5.91 Å². The Hall–Kier alpha value is -3.08. The van der Waals surface area contributed by atoms with Crippen molar-refractivity contribution in [2.45, 2.75) is 32.6 Å².